The highest BCUT2D eigenvalue weighted by Crippen LogP contribution is 2.52. The summed E-state index contributed by atoms with van der Waals surface area (Å²) in [6, 6.07) is 7.42. The molecule has 0 aromatic heterocycles. The fourth-order valence-electron chi connectivity index (χ4n) is 3.30. The van der Waals surface area contributed by atoms with Gasteiger partial charge in [-0.3, -0.25) is 10.1 Å². The third-order valence-electron chi connectivity index (χ3n) is 4.31. The molecule has 1 aromatic carbocycles. The number of nitro benzene ring substituents is 1. The molecule has 0 radical (unpaired) electrons. The summed E-state index contributed by atoms with van der Waals surface area (Å²) in [6.07, 6.45) is 5.24. The first-order chi connectivity index (χ1) is 8.21. The second kappa shape index (κ2) is 3.81. The molecule has 1 aromatic rings. The van der Waals surface area contributed by atoms with E-state index in [4.69, 9.17) is 0 Å². The predicted molar refractivity (Wildman–Crippen MR) is 64.7 cm³/mol. The molecule has 3 rings (SSSR count). The number of nitrogens with one attached hydrogen (secondary N) is 1. The Morgan fingerprint density at radius 3 is 2.35 bits per heavy atom. The molecule has 0 bridgehead atoms. The molecule has 2 aliphatic rings. The van der Waals surface area contributed by atoms with Gasteiger partial charge in [0.1, 0.15) is 0 Å². The van der Waals surface area contributed by atoms with E-state index in [1.165, 1.54) is 31.2 Å². The van der Waals surface area contributed by atoms with Gasteiger partial charge in [0.15, 0.2) is 0 Å². The minimum Gasteiger partial charge on any atom is -0.309 e. The SMILES string of the molecule is O=[N+]([O-])c1ccc(C2NCC23CCCC3)cc1. The van der Waals surface area contributed by atoms with E-state index in [0.717, 1.165) is 6.54 Å². The van der Waals surface area contributed by atoms with E-state index in [1.54, 1.807) is 12.1 Å². The molecule has 1 aliphatic carbocycles. The summed E-state index contributed by atoms with van der Waals surface area (Å²) >= 11 is 0. The molecular formula is C13H16N2O2. The van der Waals surface area contributed by atoms with Crippen LogP contribution in [-0.2, 0) is 0 Å². The van der Waals surface area contributed by atoms with Gasteiger partial charge in [0.25, 0.3) is 5.69 Å². The highest BCUT2D eigenvalue weighted by Gasteiger charge is 2.48. The lowest BCUT2D eigenvalue weighted by Gasteiger charge is -2.48. The second-order valence-electron chi connectivity index (χ2n) is 5.23. The Morgan fingerprint density at radius 2 is 1.88 bits per heavy atom. The summed E-state index contributed by atoms with van der Waals surface area (Å²) in [5.74, 6) is 0. The average molecular weight is 232 g/mol. The van der Waals surface area contributed by atoms with Crippen LogP contribution < -0.4 is 5.32 Å². The monoisotopic (exact) mass is 232 g/mol. The van der Waals surface area contributed by atoms with Gasteiger partial charge >= 0.3 is 0 Å². The first-order valence-electron chi connectivity index (χ1n) is 6.19. The molecule has 2 fully saturated rings. The van der Waals surface area contributed by atoms with Gasteiger partial charge in [-0.1, -0.05) is 25.0 Å². The Morgan fingerprint density at radius 1 is 1.24 bits per heavy atom. The van der Waals surface area contributed by atoms with Gasteiger partial charge in [0, 0.05) is 30.1 Å². The Hall–Kier alpha value is -1.42. The zero-order valence-electron chi connectivity index (χ0n) is 9.69. The molecule has 1 saturated heterocycles. The summed E-state index contributed by atoms with van der Waals surface area (Å²) in [4.78, 5) is 10.3. The fraction of sp³-hybridized carbons (Fsp3) is 0.538. The highest BCUT2D eigenvalue weighted by molar-refractivity contribution is 5.36. The average Bonchev–Trinajstić information content (AvgIpc) is 2.79. The highest BCUT2D eigenvalue weighted by atomic mass is 16.6. The first-order valence-corrected chi connectivity index (χ1v) is 6.19. The molecule has 1 atom stereocenters. The van der Waals surface area contributed by atoms with Crippen LogP contribution in [-0.4, -0.2) is 11.5 Å². The molecule has 1 spiro atoms. The van der Waals surface area contributed by atoms with Crippen molar-refractivity contribution in [2.24, 2.45) is 5.41 Å². The van der Waals surface area contributed by atoms with Crippen molar-refractivity contribution >= 4 is 5.69 Å². The third-order valence-corrected chi connectivity index (χ3v) is 4.31. The fourth-order valence-corrected chi connectivity index (χ4v) is 3.30. The number of hydrogen-bond acceptors (Lipinski definition) is 3. The largest absolute Gasteiger partial charge is 0.309 e. The quantitative estimate of drug-likeness (QED) is 0.630. The predicted octanol–water partition coefficient (Wildman–Crippen LogP) is 2.80. The van der Waals surface area contributed by atoms with Crippen LogP contribution in [0.1, 0.15) is 37.3 Å². The Balaban J connectivity index is 1.82. The van der Waals surface area contributed by atoms with Gasteiger partial charge in [-0.2, -0.15) is 0 Å². The van der Waals surface area contributed by atoms with Crippen molar-refractivity contribution in [3.63, 3.8) is 0 Å². The van der Waals surface area contributed by atoms with Gasteiger partial charge in [0.2, 0.25) is 0 Å². The van der Waals surface area contributed by atoms with Crippen molar-refractivity contribution in [3.8, 4) is 0 Å². The maximum Gasteiger partial charge on any atom is 0.269 e. The normalized spacial score (nSPS) is 25.8. The number of non-ortho nitro benzene ring substituents is 1. The molecule has 90 valence electrons. The van der Waals surface area contributed by atoms with Crippen LogP contribution in [0, 0.1) is 15.5 Å². The van der Waals surface area contributed by atoms with Crippen molar-refractivity contribution in [3.05, 3.63) is 39.9 Å². The molecular weight excluding hydrogens is 216 g/mol. The third kappa shape index (κ3) is 1.63. The van der Waals surface area contributed by atoms with E-state index in [0.29, 0.717) is 11.5 Å². The van der Waals surface area contributed by atoms with Crippen LogP contribution in [0.25, 0.3) is 0 Å². The number of nitro groups is 1. The van der Waals surface area contributed by atoms with Crippen LogP contribution in [0.3, 0.4) is 0 Å². The Kier molecular flexibility index (Phi) is 2.40. The lowest BCUT2D eigenvalue weighted by molar-refractivity contribution is -0.384. The van der Waals surface area contributed by atoms with Gasteiger partial charge < -0.3 is 5.32 Å². The van der Waals surface area contributed by atoms with Crippen molar-refractivity contribution in [1.82, 2.24) is 5.32 Å². The van der Waals surface area contributed by atoms with Crippen molar-refractivity contribution < 1.29 is 4.92 Å². The molecule has 4 nitrogen and oxygen atoms in total. The summed E-state index contributed by atoms with van der Waals surface area (Å²) < 4.78 is 0. The molecule has 1 heterocycles. The molecule has 1 unspecified atom stereocenters. The maximum atomic E-state index is 10.6. The molecule has 0 amide bonds. The lowest BCUT2D eigenvalue weighted by Crippen LogP contribution is -2.54. The van der Waals surface area contributed by atoms with Crippen LogP contribution in [0.4, 0.5) is 5.69 Å². The van der Waals surface area contributed by atoms with E-state index in [-0.39, 0.29) is 10.6 Å². The zero-order chi connectivity index (χ0) is 11.9. The van der Waals surface area contributed by atoms with Crippen LogP contribution in [0.5, 0.6) is 0 Å². The minimum absolute atomic E-state index is 0.175. The maximum absolute atomic E-state index is 10.6. The van der Waals surface area contributed by atoms with Gasteiger partial charge in [0.05, 0.1) is 4.92 Å². The number of benzene rings is 1. The van der Waals surface area contributed by atoms with Crippen molar-refractivity contribution in [2.75, 3.05) is 6.54 Å². The molecule has 4 heteroatoms. The molecule has 17 heavy (non-hydrogen) atoms. The summed E-state index contributed by atoms with van der Waals surface area (Å²) in [6.45, 7) is 1.11. The Labute approximate surface area is 100 Å². The van der Waals surface area contributed by atoms with Crippen molar-refractivity contribution in [2.45, 2.75) is 31.7 Å². The van der Waals surface area contributed by atoms with Crippen LogP contribution in [0.15, 0.2) is 24.3 Å². The van der Waals surface area contributed by atoms with Gasteiger partial charge in [-0.05, 0) is 18.4 Å². The van der Waals surface area contributed by atoms with E-state index >= 15 is 0 Å². The van der Waals surface area contributed by atoms with Gasteiger partial charge in [-0.15, -0.1) is 0 Å². The smallest absolute Gasteiger partial charge is 0.269 e. The van der Waals surface area contributed by atoms with E-state index in [2.05, 4.69) is 5.32 Å². The molecule has 1 N–H and O–H groups in total. The number of rotatable bonds is 2. The van der Waals surface area contributed by atoms with E-state index in [1.807, 2.05) is 12.1 Å². The molecule has 1 saturated carbocycles. The number of nitrogens with zero attached hydrogens (tertiary/aromatic N) is 1. The standard InChI is InChI=1S/C13H16N2O2/c16-15(17)11-5-3-10(4-6-11)12-13(9-14-12)7-1-2-8-13/h3-6,12,14H,1-2,7-9H2. The topological polar surface area (TPSA) is 55.2 Å². The number of hydrogen-bond donors (Lipinski definition) is 1. The van der Waals surface area contributed by atoms with E-state index < -0.39 is 0 Å². The van der Waals surface area contributed by atoms with Gasteiger partial charge in [-0.25, -0.2) is 0 Å². The first kappa shape index (κ1) is 10.7. The van der Waals surface area contributed by atoms with E-state index in [9.17, 15) is 10.1 Å². The summed E-state index contributed by atoms with van der Waals surface area (Å²) in [5, 5.41) is 14.1. The lowest BCUT2D eigenvalue weighted by atomic mass is 9.69. The molecule has 1 aliphatic heterocycles. The Bertz CT molecular complexity index is 435. The summed E-state index contributed by atoms with van der Waals surface area (Å²) in [5.41, 5.74) is 1.81. The minimum atomic E-state index is -0.344. The second-order valence-corrected chi connectivity index (χ2v) is 5.23. The van der Waals surface area contributed by atoms with Crippen molar-refractivity contribution in [1.29, 1.82) is 0 Å². The summed E-state index contributed by atoms with van der Waals surface area (Å²) in [7, 11) is 0. The zero-order valence-corrected chi connectivity index (χ0v) is 9.69. The van der Waals surface area contributed by atoms with Crippen LogP contribution in [0.2, 0.25) is 0 Å². The van der Waals surface area contributed by atoms with Crippen LogP contribution >= 0.6 is 0 Å².